The maximum absolute atomic E-state index is 12.3. The molecule has 3 aromatic rings. The summed E-state index contributed by atoms with van der Waals surface area (Å²) in [5.41, 5.74) is 3.03. The largest absolute Gasteiger partial charge is 0.349 e. The van der Waals surface area contributed by atoms with E-state index < -0.39 is 0 Å². The number of rotatable bonds is 7. The number of benzene rings is 2. The van der Waals surface area contributed by atoms with E-state index in [1.807, 2.05) is 56.3 Å². The highest BCUT2D eigenvalue weighted by molar-refractivity contribution is 8.01. The zero-order chi connectivity index (χ0) is 20.1. The van der Waals surface area contributed by atoms with E-state index in [4.69, 9.17) is 23.2 Å². The first kappa shape index (κ1) is 21.2. The quantitative estimate of drug-likeness (QED) is 0.428. The fourth-order valence-corrected chi connectivity index (χ4v) is 5.16. The molecule has 1 N–H and O–H groups in total. The second kappa shape index (κ2) is 9.79. The molecule has 0 saturated carbocycles. The Hall–Kier alpha value is -1.53. The summed E-state index contributed by atoms with van der Waals surface area (Å²) in [7, 11) is 0. The Balaban J connectivity index is 1.57. The number of amides is 1. The van der Waals surface area contributed by atoms with E-state index >= 15 is 0 Å². The highest BCUT2D eigenvalue weighted by atomic mass is 35.5. The zero-order valence-corrected chi connectivity index (χ0v) is 18.7. The predicted molar refractivity (Wildman–Crippen MR) is 120 cm³/mol. The van der Waals surface area contributed by atoms with Crippen LogP contribution in [0.5, 0.6) is 0 Å². The minimum atomic E-state index is -0.0205. The van der Waals surface area contributed by atoms with Crippen LogP contribution in [0.3, 0.4) is 0 Å². The average molecular weight is 451 g/mol. The van der Waals surface area contributed by atoms with E-state index in [-0.39, 0.29) is 11.9 Å². The molecule has 0 spiro atoms. The molecule has 1 aromatic heterocycles. The molecule has 146 valence electrons. The summed E-state index contributed by atoms with van der Waals surface area (Å²) in [5, 5.41) is 4.39. The van der Waals surface area contributed by atoms with Gasteiger partial charge in [0.05, 0.1) is 17.5 Å². The number of aryl methyl sites for hydroxylation is 1. The lowest BCUT2D eigenvalue weighted by Gasteiger charge is -2.13. The molecular formula is C21H20Cl2N2OS2. The third-order valence-corrected chi connectivity index (χ3v) is 7.14. The van der Waals surface area contributed by atoms with E-state index in [2.05, 4.69) is 10.3 Å². The number of halogens is 2. The van der Waals surface area contributed by atoms with Gasteiger partial charge in [-0.1, -0.05) is 65.3 Å². The number of nitrogens with one attached hydrogen (secondary N) is 1. The Morgan fingerprint density at radius 3 is 2.71 bits per heavy atom. The lowest BCUT2D eigenvalue weighted by molar-refractivity contribution is -0.119. The van der Waals surface area contributed by atoms with Crippen molar-refractivity contribution in [3.05, 3.63) is 80.3 Å². The molecule has 0 bridgehead atoms. The van der Waals surface area contributed by atoms with Crippen LogP contribution in [-0.4, -0.2) is 16.6 Å². The van der Waals surface area contributed by atoms with Crippen molar-refractivity contribution in [3.8, 4) is 0 Å². The van der Waals surface area contributed by atoms with Crippen molar-refractivity contribution in [3.63, 3.8) is 0 Å². The second-order valence-electron chi connectivity index (χ2n) is 6.39. The van der Waals surface area contributed by atoms with Gasteiger partial charge in [-0.05, 0) is 43.2 Å². The van der Waals surface area contributed by atoms with E-state index in [1.165, 1.54) is 11.8 Å². The van der Waals surface area contributed by atoms with Crippen molar-refractivity contribution in [2.75, 3.05) is 5.75 Å². The first-order valence-electron chi connectivity index (χ1n) is 8.79. The van der Waals surface area contributed by atoms with Crippen LogP contribution in [0, 0.1) is 6.92 Å². The van der Waals surface area contributed by atoms with Crippen LogP contribution in [0.1, 0.15) is 34.7 Å². The molecule has 0 saturated heterocycles. The Kier molecular flexibility index (Phi) is 7.41. The number of thiazole rings is 1. The molecular weight excluding hydrogens is 431 g/mol. The molecule has 3 rings (SSSR count). The Bertz CT molecular complexity index is 960. The maximum Gasteiger partial charge on any atom is 0.230 e. The highest BCUT2D eigenvalue weighted by Crippen LogP contribution is 2.31. The number of hydrogen-bond donors (Lipinski definition) is 1. The van der Waals surface area contributed by atoms with Gasteiger partial charge in [-0.25, -0.2) is 4.98 Å². The van der Waals surface area contributed by atoms with Gasteiger partial charge in [0.2, 0.25) is 5.91 Å². The summed E-state index contributed by atoms with van der Waals surface area (Å²) in [6.45, 7) is 3.96. The number of aromatic nitrogens is 1. The average Bonchev–Trinajstić information content (AvgIpc) is 3.03. The van der Waals surface area contributed by atoms with Gasteiger partial charge in [0.1, 0.15) is 0 Å². The molecule has 0 aliphatic carbocycles. The molecule has 0 radical (unpaired) electrons. The fourth-order valence-electron chi connectivity index (χ4n) is 2.71. The van der Waals surface area contributed by atoms with E-state index in [0.29, 0.717) is 22.2 Å². The first-order valence-corrected chi connectivity index (χ1v) is 11.4. The van der Waals surface area contributed by atoms with Crippen LogP contribution in [0.25, 0.3) is 0 Å². The molecule has 1 unspecified atom stereocenters. The summed E-state index contributed by atoms with van der Waals surface area (Å²) in [4.78, 5) is 18.0. The number of thioether (sulfide) groups is 1. The van der Waals surface area contributed by atoms with Crippen LogP contribution in [0.4, 0.5) is 0 Å². The SMILES string of the molecule is Cc1nc(SCC(=O)NC(C)c2ccccc2)sc1Cc1cc(Cl)ccc1Cl. The van der Waals surface area contributed by atoms with E-state index in [1.54, 1.807) is 17.4 Å². The third kappa shape index (κ3) is 5.74. The topological polar surface area (TPSA) is 42.0 Å². The van der Waals surface area contributed by atoms with Gasteiger partial charge in [0.15, 0.2) is 4.34 Å². The number of hydrogen-bond acceptors (Lipinski definition) is 4. The molecule has 1 amide bonds. The fraction of sp³-hybridized carbons (Fsp3) is 0.238. The molecule has 0 fully saturated rings. The third-order valence-electron chi connectivity index (χ3n) is 4.24. The van der Waals surface area contributed by atoms with E-state index in [0.717, 1.165) is 26.0 Å². The second-order valence-corrected chi connectivity index (χ2v) is 9.54. The molecule has 7 heteroatoms. The summed E-state index contributed by atoms with van der Waals surface area (Å²) in [6.07, 6.45) is 0.681. The summed E-state index contributed by atoms with van der Waals surface area (Å²) in [5.74, 6) is 0.329. The minimum absolute atomic E-state index is 0.00589. The van der Waals surface area contributed by atoms with Crippen LogP contribution in [0.15, 0.2) is 52.9 Å². The van der Waals surface area contributed by atoms with Gasteiger partial charge in [0, 0.05) is 21.3 Å². The van der Waals surface area contributed by atoms with Crippen molar-refractivity contribution in [2.24, 2.45) is 0 Å². The van der Waals surface area contributed by atoms with Gasteiger partial charge >= 0.3 is 0 Å². The zero-order valence-electron chi connectivity index (χ0n) is 15.5. The predicted octanol–water partition coefficient (Wildman–Crippen LogP) is 6.32. The highest BCUT2D eigenvalue weighted by Gasteiger charge is 2.14. The monoisotopic (exact) mass is 450 g/mol. The Morgan fingerprint density at radius 1 is 1.21 bits per heavy atom. The number of carbonyl (C=O) groups excluding carboxylic acids is 1. The number of nitrogens with zero attached hydrogens (tertiary/aromatic N) is 1. The van der Waals surface area contributed by atoms with Gasteiger partial charge < -0.3 is 5.32 Å². The van der Waals surface area contributed by atoms with Crippen LogP contribution < -0.4 is 5.32 Å². The van der Waals surface area contributed by atoms with E-state index in [9.17, 15) is 4.79 Å². The Morgan fingerprint density at radius 2 is 1.96 bits per heavy atom. The molecule has 2 aromatic carbocycles. The minimum Gasteiger partial charge on any atom is -0.349 e. The molecule has 0 aliphatic heterocycles. The van der Waals surface area contributed by atoms with Crippen molar-refractivity contribution >= 4 is 52.2 Å². The summed E-state index contributed by atoms with van der Waals surface area (Å²) in [6, 6.07) is 15.4. The van der Waals surface area contributed by atoms with Crippen molar-refractivity contribution in [1.82, 2.24) is 10.3 Å². The standard InChI is InChI=1S/C21H20Cl2N2OS2/c1-13(15-6-4-3-5-7-15)24-20(26)12-27-21-25-14(2)19(28-21)11-16-10-17(22)8-9-18(16)23/h3-10,13H,11-12H2,1-2H3,(H,24,26). The van der Waals surface area contributed by atoms with Gasteiger partial charge in [0.25, 0.3) is 0 Å². The molecule has 3 nitrogen and oxygen atoms in total. The van der Waals surface area contributed by atoms with Crippen molar-refractivity contribution < 1.29 is 4.79 Å². The molecule has 28 heavy (non-hydrogen) atoms. The van der Waals surface area contributed by atoms with Crippen molar-refractivity contribution in [2.45, 2.75) is 30.6 Å². The molecule has 0 aliphatic rings. The number of carbonyl (C=O) groups is 1. The van der Waals surface area contributed by atoms with Crippen LogP contribution in [0.2, 0.25) is 10.0 Å². The van der Waals surface area contributed by atoms with Gasteiger partial charge in [-0.3, -0.25) is 4.79 Å². The van der Waals surface area contributed by atoms with Crippen molar-refractivity contribution in [1.29, 1.82) is 0 Å². The van der Waals surface area contributed by atoms with Crippen LogP contribution in [-0.2, 0) is 11.2 Å². The smallest absolute Gasteiger partial charge is 0.230 e. The maximum atomic E-state index is 12.3. The lowest BCUT2D eigenvalue weighted by Crippen LogP contribution is -2.28. The van der Waals surface area contributed by atoms with Gasteiger partial charge in [-0.15, -0.1) is 11.3 Å². The summed E-state index contributed by atoms with van der Waals surface area (Å²) < 4.78 is 0.883. The molecule has 1 atom stereocenters. The summed E-state index contributed by atoms with van der Waals surface area (Å²) >= 11 is 15.4. The Labute approximate surface area is 183 Å². The lowest BCUT2D eigenvalue weighted by atomic mass is 10.1. The van der Waals surface area contributed by atoms with Crippen LogP contribution >= 0.6 is 46.3 Å². The normalized spacial score (nSPS) is 12.0. The first-order chi connectivity index (χ1) is 13.4. The van der Waals surface area contributed by atoms with Gasteiger partial charge in [-0.2, -0.15) is 0 Å². The molecule has 1 heterocycles.